The van der Waals surface area contributed by atoms with Gasteiger partial charge in [0.15, 0.2) is 0 Å². The number of hydrogen-bond acceptors (Lipinski definition) is 4. The van der Waals surface area contributed by atoms with Crippen molar-refractivity contribution >= 4 is 28.6 Å². The van der Waals surface area contributed by atoms with Crippen molar-refractivity contribution in [2.45, 2.75) is 6.54 Å². The Morgan fingerprint density at radius 1 is 1.37 bits per heavy atom. The minimum absolute atomic E-state index is 0.672. The first kappa shape index (κ1) is 12.2. The van der Waals surface area contributed by atoms with Crippen LogP contribution < -0.4 is 5.32 Å². The van der Waals surface area contributed by atoms with Gasteiger partial charge in [0.25, 0.3) is 0 Å². The van der Waals surface area contributed by atoms with Gasteiger partial charge in [0, 0.05) is 17.8 Å². The quantitative estimate of drug-likeness (QED) is 0.798. The monoisotopic (exact) mass is 290 g/mol. The predicted molar refractivity (Wildman–Crippen MR) is 78.0 cm³/mol. The van der Waals surface area contributed by atoms with Gasteiger partial charge in [-0.15, -0.1) is 11.3 Å². The number of hydrogen-bond donors (Lipinski definition) is 1. The topological polar surface area (TPSA) is 42.7 Å². The standard InChI is InChI=1S/C13H11ClN4S/c14-11-2-1-3-12(13(11)18-5-4-15-8-18)16-6-10-7-19-9-17-10/h1-5,7-9,16H,6H2. The van der Waals surface area contributed by atoms with Crippen molar-refractivity contribution in [3.05, 3.63) is 58.5 Å². The fraction of sp³-hybridized carbons (Fsp3) is 0.0769. The molecule has 1 N–H and O–H groups in total. The Hall–Kier alpha value is -1.85. The highest BCUT2D eigenvalue weighted by molar-refractivity contribution is 7.07. The second-order valence-corrected chi connectivity index (χ2v) is 5.07. The second-order valence-electron chi connectivity index (χ2n) is 3.94. The van der Waals surface area contributed by atoms with Crippen LogP contribution in [-0.2, 0) is 6.54 Å². The summed E-state index contributed by atoms with van der Waals surface area (Å²) >= 11 is 7.87. The summed E-state index contributed by atoms with van der Waals surface area (Å²) in [4.78, 5) is 8.31. The number of nitrogens with zero attached hydrogens (tertiary/aromatic N) is 3. The molecule has 0 unspecified atom stereocenters. The van der Waals surface area contributed by atoms with Crippen molar-refractivity contribution in [2.24, 2.45) is 0 Å². The molecule has 0 amide bonds. The minimum Gasteiger partial charge on any atom is -0.378 e. The highest BCUT2D eigenvalue weighted by atomic mass is 35.5. The largest absolute Gasteiger partial charge is 0.378 e. The molecule has 3 rings (SSSR count). The van der Waals surface area contributed by atoms with Crippen LogP contribution in [0.15, 0.2) is 47.8 Å². The highest BCUT2D eigenvalue weighted by Gasteiger charge is 2.08. The maximum atomic E-state index is 6.28. The third-order valence-electron chi connectivity index (χ3n) is 2.69. The molecule has 0 fully saturated rings. The Morgan fingerprint density at radius 3 is 3.05 bits per heavy atom. The first-order valence-corrected chi connectivity index (χ1v) is 7.04. The van der Waals surface area contributed by atoms with Crippen LogP contribution in [0.1, 0.15) is 5.69 Å². The SMILES string of the molecule is Clc1cccc(NCc2cscn2)c1-n1ccnc1. The van der Waals surface area contributed by atoms with Crippen LogP contribution in [0.2, 0.25) is 5.02 Å². The van der Waals surface area contributed by atoms with E-state index in [0.717, 1.165) is 17.1 Å². The third kappa shape index (κ3) is 2.62. The zero-order chi connectivity index (χ0) is 13.1. The van der Waals surface area contributed by atoms with E-state index in [1.54, 1.807) is 23.9 Å². The number of aromatic nitrogens is 3. The van der Waals surface area contributed by atoms with E-state index in [1.807, 2.05) is 39.9 Å². The van der Waals surface area contributed by atoms with Gasteiger partial charge in [-0.1, -0.05) is 17.7 Å². The molecule has 0 radical (unpaired) electrons. The fourth-order valence-corrected chi connectivity index (χ4v) is 2.65. The van der Waals surface area contributed by atoms with Crippen LogP contribution in [0.5, 0.6) is 0 Å². The zero-order valence-electron chi connectivity index (χ0n) is 9.95. The lowest BCUT2D eigenvalue weighted by atomic mass is 10.2. The third-order valence-corrected chi connectivity index (χ3v) is 3.63. The average Bonchev–Trinajstić information content (AvgIpc) is 3.09. The predicted octanol–water partition coefficient (Wildman–Crippen LogP) is 3.59. The first-order valence-electron chi connectivity index (χ1n) is 5.72. The maximum Gasteiger partial charge on any atom is 0.0992 e. The molecule has 0 aliphatic carbocycles. The molecule has 0 atom stereocenters. The first-order chi connectivity index (χ1) is 9.34. The molecule has 0 aliphatic heterocycles. The normalized spacial score (nSPS) is 10.6. The van der Waals surface area contributed by atoms with E-state index in [0.29, 0.717) is 11.6 Å². The molecule has 0 saturated carbocycles. The molecule has 0 saturated heterocycles. The van der Waals surface area contributed by atoms with Crippen molar-refractivity contribution in [2.75, 3.05) is 5.32 Å². The van der Waals surface area contributed by atoms with Gasteiger partial charge in [-0.2, -0.15) is 0 Å². The van der Waals surface area contributed by atoms with Gasteiger partial charge >= 0.3 is 0 Å². The Kier molecular flexibility index (Phi) is 3.48. The maximum absolute atomic E-state index is 6.28. The lowest BCUT2D eigenvalue weighted by Crippen LogP contribution is -2.04. The molecule has 2 aromatic heterocycles. The molecule has 3 aromatic rings. The smallest absolute Gasteiger partial charge is 0.0992 e. The Labute approximate surface area is 119 Å². The molecular formula is C13H11ClN4S. The van der Waals surface area contributed by atoms with E-state index in [9.17, 15) is 0 Å². The lowest BCUT2D eigenvalue weighted by Gasteiger charge is -2.13. The van der Waals surface area contributed by atoms with Crippen LogP contribution >= 0.6 is 22.9 Å². The molecule has 0 bridgehead atoms. The number of halogens is 1. The number of thiazole rings is 1. The number of anilines is 1. The Morgan fingerprint density at radius 2 is 2.32 bits per heavy atom. The van der Waals surface area contributed by atoms with Crippen LogP contribution in [0, 0.1) is 0 Å². The number of nitrogens with one attached hydrogen (secondary N) is 1. The van der Waals surface area contributed by atoms with Gasteiger partial charge in [0.1, 0.15) is 0 Å². The van der Waals surface area contributed by atoms with Crippen LogP contribution in [0.25, 0.3) is 5.69 Å². The lowest BCUT2D eigenvalue weighted by molar-refractivity contribution is 1.03. The van der Waals surface area contributed by atoms with Gasteiger partial charge < -0.3 is 9.88 Å². The minimum atomic E-state index is 0.672. The molecule has 19 heavy (non-hydrogen) atoms. The van der Waals surface area contributed by atoms with Crippen molar-refractivity contribution in [3.63, 3.8) is 0 Å². The van der Waals surface area contributed by atoms with E-state index in [-0.39, 0.29) is 0 Å². The van der Waals surface area contributed by atoms with Gasteiger partial charge in [0.2, 0.25) is 0 Å². The molecule has 96 valence electrons. The summed E-state index contributed by atoms with van der Waals surface area (Å²) in [5, 5.41) is 6.06. The summed E-state index contributed by atoms with van der Waals surface area (Å²) in [6, 6.07) is 5.78. The fourth-order valence-electron chi connectivity index (χ4n) is 1.82. The number of para-hydroxylation sites is 1. The number of rotatable bonds is 4. The molecule has 2 heterocycles. The summed E-state index contributed by atoms with van der Waals surface area (Å²) in [6.45, 7) is 0.672. The summed E-state index contributed by atoms with van der Waals surface area (Å²) < 4.78 is 1.89. The highest BCUT2D eigenvalue weighted by Crippen LogP contribution is 2.28. The van der Waals surface area contributed by atoms with E-state index < -0.39 is 0 Å². The summed E-state index contributed by atoms with van der Waals surface area (Å²) in [7, 11) is 0. The summed E-state index contributed by atoms with van der Waals surface area (Å²) in [5.41, 5.74) is 4.70. The molecule has 6 heteroatoms. The van der Waals surface area contributed by atoms with E-state index >= 15 is 0 Å². The molecule has 0 aliphatic rings. The van der Waals surface area contributed by atoms with Crippen molar-refractivity contribution < 1.29 is 0 Å². The summed E-state index contributed by atoms with van der Waals surface area (Å²) in [5.74, 6) is 0. The van der Waals surface area contributed by atoms with Gasteiger partial charge in [0.05, 0.1) is 40.5 Å². The van der Waals surface area contributed by atoms with Gasteiger partial charge in [-0.05, 0) is 12.1 Å². The van der Waals surface area contributed by atoms with E-state index in [1.165, 1.54) is 0 Å². The Bertz CT molecular complexity index is 649. The second kappa shape index (κ2) is 5.42. The van der Waals surface area contributed by atoms with Crippen molar-refractivity contribution in [1.82, 2.24) is 14.5 Å². The van der Waals surface area contributed by atoms with Crippen molar-refractivity contribution in [3.8, 4) is 5.69 Å². The molecule has 0 spiro atoms. The van der Waals surface area contributed by atoms with Crippen LogP contribution in [-0.4, -0.2) is 14.5 Å². The van der Waals surface area contributed by atoms with Gasteiger partial charge in [-0.3, -0.25) is 0 Å². The number of benzene rings is 1. The van der Waals surface area contributed by atoms with Crippen LogP contribution in [0.3, 0.4) is 0 Å². The van der Waals surface area contributed by atoms with Crippen molar-refractivity contribution in [1.29, 1.82) is 0 Å². The average molecular weight is 291 g/mol. The summed E-state index contributed by atoms with van der Waals surface area (Å²) in [6.07, 6.45) is 5.33. The van der Waals surface area contributed by atoms with E-state index in [4.69, 9.17) is 11.6 Å². The zero-order valence-corrected chi connectivity index (χ0v) is 11.5. The number of imidazole rings is 1. The molecule has 1 aromatic carbocycles. The Balaban J connectivity index is 1.91. The van der Waals surface area contributed by atoms with Gasteiger partial charge in [-0.25, -0.2) is 9.97 Å². The van der Waals surface area contributed by atoms with E-state index in [2.05, 4.69) is 15.3 Å². The molecular weight excluding hydrogens is 280 g/mol. The molecule has 4 nitrogen and oxygen atoms in total. The van der Waals surface area contributed by atoms with Crippen LogP contribution in [0.4, 0.5) is 5.69 Å².